The quantitative estimate of drug-likeness (QED) is 0.381. The minimum absolute atomic E-state index is 0.0305. The Morgan fingerprint density at radius 1 is 1.23 bits per heavy atom. The zero-order valence-corrected chi connectivity index (χ0v) is 18.1. The Morgan fingerprint density at radius 2 is 1.84 bits per heavy atom. The molecule has 4 rings (SSSR count). The Morgan fingerprint density at radius 3 is 2.39 bits per heavy atom. The molecule has 156 valence electrons. The van der Waals surface area contributed by atoms with Crippen LogP contribution in [-0.2, 0) is 16.8 Å². The van der Waals surface area contributed by atoms with E-state index in [0.29, 0.717) is 5.56 Å². The number of carbonyl (C=O) groups is 2. The summed E-state index contributed by atoms with van der Waals surface area (Å²) in [5.74, 6) is -1.11. The molecule has 1 atom stereocenters. The Hall–Kier alpha value is -2.92. The van der Waals surface area contributed by atoms with Crippen molar-refractivity contribution >= 4 is 57.6 Å². The van der Waals surface area contributed by atoms with Crippen LogP contribution in [0.15, 0.2) is 42.6 Å². The summed E-state index contributed by atoms with van der Waals surface area (Å²) in [6.07, 6.45) is 1.45. The van der Waals surface area contributed by atoms with Crippen molar-refractivity contribution in [2.45, 2.75) is 18.9 Å². The van der Waals surface area contributed by atoms with E-state index >= 15 is 0 Å². The summed E-state index contributed by atoms with van der Waals surface area (Å²) in [5, 5.41) is 7.70. The molecular weight excluding hydrogens is 466 g/mol. The largest absolute Gasteiger partial charge is 0.290 e. The molecule has 0 bridgehead atoms. The summed E-state index contributed by atoms with van der Waals surface area (Å²) in [5.41, 5.74) is 0.171. The second kappa shape index (κ2) is 7.65. The zero-order valence-electron chi connectivity index (χ0n) is 15.9. The number of carbonyl (C=O) groups excluding carboxylic acids is 2. The van der Waals surface area contributed by atoms with E-state index in [9.17, 15) is 14.0 Å². The van der Waals surface area contributed by atoms with Crippen molar-refractivity contribution in [3.8, 4) is 6.07 Å². The maximum Gasteiger partial charge on any atom is 0.270 e. The molecule has 1 unspecified atom stereocenters. The lowest BCUT2D eigenvalue weighted by molar-refractivity contribution is -0.123. The second-order valence-corrected chi connectivity index (χ2v) is 8.33. The highest BCUT2D eigenvalue weighted by Gasteiger charge is 2.51. The van der Waals surface area contributed by atoms with Gasteiger partial charge in [0.1, 0.15) is 11.2 Å². The van der Waals surface area contributed by atoms with Crippen molar-refractivity contribution in [2.75, 3.05) is 4.90 Å². The van der Waals surface area contributed by atoms with E-state index in [-0.39, 0.29) is 33.8 Å². The molecular formula is C21H12Cl3FN4O2. The van der Waals surface area contributed by atoms with E-state index in [1.54, 1.807) is 31.2 Å². The van der Waals surface area contributed by atoms with Gasteiger partial charge in [-0.05, 0) is 48.4 Å². The Kier molecular flexibility index (Phi) is 5.26. The van der Waals surface area contributed by atoms with Gasteiger partial charge in [0.15, 0.2) is 5.82 Å². The van der Waals surface area contributed by atoms with Crippen LogP contribution in [0.1, 0.15) is 28.5 Å². The first-order valence-electron chi connectivity index (χ1n) is 8.93. The summed E-state index contributed by atoms with van der Waals surface area (Å²) < 4.78 is 15.4. The smallest absolute Gasteiger partial charge is 0.270 e. The van der Waals surface area contributed by atoms with E-state index in [2.05, 4.69) is 4.98 Å². The van der Waals surface area contributed by atoms with Gasteiger partial charge in [0.2, 0.25) is 5.95 Å². The fraction of sp³-hybridized carbons (Fsp3) is 0.143. The minimum Gasteiger partial charge on any atom is -0.290 e. The highest BCUT2D eigenvalue weighted by molar-refractivity contribution is 6.67. The fourth-order valence-corrected chi connectivity index (χ4v) is 4.31. The van der Waals surface area contributed by atoms with Gasteiger partial charge >= 0.3 is 0 Å². The third-order valence-electron chi connectivity index (χ3n) is 5.16. The fourth-order valence-electron chi connectivity index (χ4n) is 3.71. The topological polar surface area (TPSA) is 79.0 Å². The van der Waals surface area contributed by atoms with Gasteiger partial charge in [-0.1, -0.05) is 35.3 Å². The molecule has 1 aromatic heterocycles. The summed E-state index contributed by atoms with van der Waals surface area (Å²) in [7, 11) is 0. The molecule has 31 heavy (non-hydrogen) atoms. The van der Waals surface area contributed by atoms with Crippen LogP contribution in [0.5, 0.6) is 0 Å². The predicted octanol–water partition coefficient (Wildman–Crippen LogP) is 5.22. The van der Waals surface area contributed by atoms with Gasteiger partial charge in [-0.2, -0.15) is 5.26 Å². The number of hydrogen-bond acceptors (Lipinski definition) is 4. The average molecular weight is 478 g/mol. The Bertz CT molecular complexity index is 1260. The monoisotopic (exact) mass is 476 g/mol. The van der Waals surface area contributed by atoms with Gasteiger partial charge in [0, 0.05) is 6.42 Å². The van der Waals surface area contributed by atoms with Gasteiger partial charge in [-0.25, -0.2) is 14.3 Å². The summed E-state index contributed by atoms with van der Waals surface area (Å²) in [6, 6.07) is 11.3. The lowest BCUT2D eigenvalue weighted by atomic mass is 9.91. The van der Waals surface area contributed by atoms with Crippen molar-refractivity contribution in [2.24, 2.45) is 0 Å². The van der Waals surface area contributed by atoms with E-state index in [1.165, 1.54) is 27.8 Å². The second-order valence-electron chi connectivity index (χ2n) is 7.18. The third kappa shape index (κ3) is 3.37. The molecule has 10 heteroatoms. The highest BCUT2D eigenvalue weighted by atomic mass is 35.5. The average Bonchev–Trinajstić information content (AvgIpc) is 3.25. The summed E-state index contributed by atoms with van der Waals surface area (Å²) in [6.45, 7) is 1.65. The van der Waals surface area contributed by atoms with Crippen molar-refractivity contribution in [1.82, 2.24) is 9.55 Å². The van der Waals surface area contributed by atoms with Crippen LogP contribution in [0.25, 0.3) is 0 Å². The number of amides is 1. The summed E-state index contributed by atoms with van der Waals surface area (Å²) in [4.78, 5) is 31.1. The Labute approximate surface area is 191 Å². The van der Waals surface area contributed by atoms with Crippen molar-refractivity contribution in [3.05, 3.63) is 75.3 Å². The maximum absolute atomic E-state index is 13.9. The number of nitrogens with zero attached hydrogens (tertiary/aromatic N) is 4. The van der Waals surface area contributed by atoms with Crippen LogP contribution in [0.2, 0.25) is 10.0 Å². The number of nitriles is 1. The van der Waals surface area contributed by atoms with Gasteiger partial charge in [-0.15, -0.1) is 0 Å². The number of imidazole rings is 1. The van der Waals surface area contributed by atoms with Crippen LogP contribution in [0.3, 0.4) is 0 Å². The molecule has 1 aliphatic heterocycles. The van der Waals surface area contributed by atoms with Crippen molar-refractivity contribution in [3.63, 3.8) is 0 Å². The van der Waals surface area contributed by atoms with Gasteiger partial charge < -0.3 is 0 Å². The third-order valence-corrected chi connectivity index (χ3v) is 5.90. The first-order valence-corrected chi connectivity index (χ1v) is 10.1. The zero-order chi connectivity index (χ0) is 22.5. The number of benzene rings is 2. The highest BCUT2D eigenvalue weighted by Crippen LogP contribution is 2.44. The molecule has 3 aromatic rings. The van der Waals surface area contributed by atoms with E-state index in [0.717, 1.165) is 5.56 Å². The molecule has 1 amide bonds. The number of rotatable bonds is 4. The molecule has 6 nitrogen and oxygen atoms in total. The molecule has 0 N–H and O–H groups in total. The molecule has 1 aliphatic rings. The first kappa shape index (κ1) is 21.3. The molecule has 2 heterocycles. The number of halogens is 4. The molecule has 0 fully saturated rings. The Balaban J connectivity index is 1.87. The molecule has 2 aromatic carbocycles. The van der Waals surface area contributed by atoms with Gasteiger partial charge in [-0.3, -0.25) is 14.2 Å². The number of anilines is 2. The lowest BCUT2D eigenvalue weighted by Crippen LogP contribution is -2.41. The van der Waals surface area contributed by atoms with Crippen LogP contribution in [-0.4, -0.2) is 20.7 Å². The number of aromatic nitrogens is 2. The number of fused-ring (bicyclic) bond motifs is 1. The van der Waals surface area contributed by atoms with Crippen LogP contribution in [0, 0.1) is 17.1 Å². The first-order chi connectivity index (χ1) is 14.7. The van der Waals surface area contributed by atoms with Gasteiger partial charge in [0.25, 0.3) is 11.1 Å². The lowest BCUT2D eigenvalue weighted by Gasteiger charge is -2.26. The van der Waals surface area contributed by atoms with Crippen molar-refractivity contribution < 1.29 is 14.0 Å². The molecule has 0 spiro atoms. The van der Waals surface area contributed by atoms with Crippen LogP contribution < -0.4 is 4.90 Å². The van der Waals surface area contributed by atoms with E-state index in [1.807, 2.05) is 6.07 Å². The molecule has 0 radical (unpaired) electrons. The normalized spacial score (nSPS) is 17.5. The number of hydrogen-bond donors (Lipinski definition) is 0. The summed E-state index contributed by atoms with van der Waals surface area (Å²) >= 11 is 17.6. The maximum atomic E-state index is 13.9. The molecule has 0 aliphatic carbocycles. The van der Waals surface area contributed by atoms with Crippen LogP contribution in [0.4, 0.5) is 16.0 Å². The minimum atomic E-state index is -1.28. The predicted molar refractivity (Wildman–Crippen MR) is 114 cm³/mol. The molecule has 0 saturated heterocycles. The van der Waals surface area contributed by atoms with Gasteiger partial charge in [0.05, 0.1) is 33.6 Å². The van der Waals surface area contributed by atoms with E-state index < -0.39 is 22.5 Å². The molecule has 0 saturated carbocycles. The van der Waals surface area contributed by atoms with E-state index in [4.69, 9.17) is 40.1 Å². The van der Waals surface area contributed by atoms with Crippen molar-refractivity contribution in [1.29, 1.82) is 5.26 Å². The SMILES string of the molecule is CC1(Cc2ccc(C#N)cc2)C(=O)N(c2cc(Cl)c(F)c(Cl)c2)c2ncc(C(=O)Cl)n21. The van der Waals surface area contributed by atoms with Crippen LogP contribution >= 0.6 is 34.8 Å². The standard InChI is InChI=1S/C21H12Cl3FN4O2/c1-21(8-11-2-4-12(9-26)5-3-11)19(31)28(13-6-14(22)17(25)15(23)7-13)20-27-10-16(18(24)30)29(20)21/h2-7,10H,8H2,1H3.